The molecule has 0 unspecified atom stereocenters. The van der Waals surface area contributed by atoms with Gasteiger partial charge in [0.15, 0.2) is 0 Å². The highest BCUT2D eigenvalue weighted by Gasteiger charge is 2.53. The van der Waals surface area contributed by atoms with Crippen LogP contribution in [0, 0.1) is 5.82 Å². The Kier molecular flexibility index (Phi) is 4.52. The maximum absolute atomic E-state index is 14.8. The number of fused-ring (bicyclic) bond motifs is 1. The third-order valence-corrected chi connectivity index (χ3v) is 5.76. The summed E-state index contributed by atoms with van der Waals surface area (Å²) in [4.78, 5) is 4.22. The van der Waals surface area contributed by atoms with E-state index in [0.29, 0.717) is 0 Å². The van der Waals surface area contributed by atoms with Crippen molar-refractivity contribution in [2.45, 2.75) is 45.1 Å². The smallest absolute Gasteiger partial charge is 0.399 e. The summed E-state index contributed by atoms with van der Waals surface area (Å²) in [7, 11) is 0.439. The number of aromatic nitrogens is 3. The number of nitrogens with zero attached hydrogens (tertiary/aromatic N) is 3. The van der Waals surface area contributed by atoms with Gasteiger partial charge in [0, 0.05) is 29.7 Å². The van der Waals surface area contributed by atoms with E-state index in [1.54, 1.807) is 34.7 Å². The zero-order valence-corrected chi connectivity index (χ0v) is 17.1. The fraction of sp³-hybridized carbons (Fsp3) is 0.400. The summed E-state index contributed by atoms with van der Waals surface area (Å²) in [6, 6.07) is 3.42. The number of alkyl halides is 3. The van der Waals surface area contributed by atoms with Gasteiger partial charge in [0.25, 0.3) is 0 Å². The number of hydrogen-bond donors (Lipinski definition) is 0. The van der Waals surface area contributed by atoms with E-state index in [2.05, 4.69) is 10.1 Å². The van der Waals surface area contributed by atoms with Crippen LogP contribution in [0.5, 0.6) is 0 Å². The molecule has 1 aliphatic heterocycles. The maximum atomic E-state index is 14.8. The molecule has 1 saturated heterocycles. The zero-order chi connectivity index (χ0) is 22.1. The van der Waals surface area contributed by atoms with Gasteiger partial charge >= 0.3 is 13.3 Å². The van der Waals surface area contributed by atoms with Crippen molar-refractivity contribution < 1.29 is 26.9 Å². The average molecular weight is 421 g/mol. The number of rotatable bonds is 2. The van der Waals surface area contributed by atoms with E-state index >= 15 is 0 Å². The molecular weight excluding hydrogens is 401 g/mol. The van der Waals surface area contributed by atoms with Crippen molar-refractivity contribution in [1.29, 1.82) is 0 Å². The first kappa shape index (κ1) is 20.8. The van der Waals surface area contributed by atoms with E-state index in [4.69, 9.17) is 9.31 Å². The van der Waals surface area contributed by atoms with E-state index < -0.39 is 35.9 Å². The first-order valence-corrected chi connectivity index (χ1v) is 9.35. The number of benzene rings is 1. The van der Waals surface area contributed by atoms with Crippen molar-refractivity contribution >= 4 is 23.5 Å². The van der Waals surface area contributed by atoms with Crippen molar-refractivity contribution in [3.63, 3.8) is 0 Å². The summed E-state index contributed by atoms with van der Waals surface area (Å²) in [5.41, 5.74) is -2.48. The Morgan fingerprint density at radius 1 is 1.07 bits per heavy atom. The van der Waals surface area contributed by atoms with Gasteiger partial charge in [-0.1, -0.05) is 0 Å². The molecule has 0 N–H and O–H groups in total. The molecule has 5 nitrogen and oxygen atoms in total. The van der Waals surface area contributed by atoms with Gasteiger partial charge in [-0.05, 0) is 45.9 Å². The standard InChI is InChI=1S/C20H20BF4N3O2/c1-18(2)19(3,4)30-21(29-18)16-12-8-13(20(23,24)25)17(11-9-26-28(5)10-11)27-15(12)7-6-14(16)22/h6-10H,1-5H3. The van der Waals surface area contributed by atoms with Crippen LogP contribution < -0.4 is 5.46 Å². The lowest BCUT2D eigenvalue weighted by Gasteiger charge is -2.32. The lowest BCUT2D eigenvalue weighted by atomic mass is 9.76. The second kappa shape index (κ2) is 6.52. The fourth-order valence-corrected chi connectivity index (χ4v) is 3.42. The van der Waals surface area contributed by atoms with Crippen molar-refractivity contribution in [3.05, 3.63) is 42.0 Å². The molecule has 1 fully saturated rings. The lowest BCUT2D eigenvalue weighted by Crippen LogP contribution is -2.41. The number of hydrogen-bond acceptors (Lipinski definition) is 4. The molecule has 0 saturated carbocycles. The van der Waals surface area contributed by atoms with Crippen LogP contribution in [-0.2, 0) is 22.5 Å². The summed E-state index contributed by atoms with van der Waals surface area (Å²) < 4.78 is 69.7. The Morgan fingerprint density at radius 2 is 1.70 bits per heavy atom. The molecule has 1 aromatic carbocycles. The summed E-state index contributed by atoms with van der Waals surface area (Å²) in [6.45, 7) is 7.15. The molecule has 3 heterocycles. The second-order valence-electron chi connectivity index (χ2n) is 8.40. The lowest BCUT2D eigenvalue weighted by molar-refractivity contribution is -0.137. The topological polar surface area (TPSA) is 49.2 Å². The maximum Gasteiger partial charge on any atom is 0.498 e. The Hall–Kier alpha value is -2.46. The Bertz CT molecular complexity index is 1130. The van der Waals surface area contributed by atoms with Gasteiger partial charge in [-0.2, -0.15) is 18.3 Å². The fourth-order valence-electron chi connectivity index (χ4n) is 3.42. The van der Waals surface area contributed by atoms with Gasteiger partial charge in [-0.3, -0.25) is 4.68 Å². The molecule has 30 heavy (non-hydrogen) atoms. The molecule has 0 aliphatic carbocycles. The highest BCUT2D eigenvalue weighted by Crippen LogP contribution is 2.40. The minimum atomic E-state index is -4.70. The zero-order valence-electron chi connectivity index (χ0n) is 17.1. The Morgan fingerprint density at radius 3 is 2.23 bits per heavy atom. The van der Waals surface area contributed by atoms with E-state index in [9.17, 15) is 17.6 Å². The van der Waals surface area contributed by atoms with Gasteiger partial charge in [-0.25, -0.2) is 9.37 Å². The molecular formula is C20H20BF4N3O2. The molecule has 158 valence electrons. The monoisotopic (exact) mass is 421 g/mol. The summed E-state index contributed by atoms with van der Waals surface area (Å²) in [5.74, 6) is -0.718. The largest absolute Gasteiger partial charge is 0.498 e. The van der Waals surface area contributed by atoms with E-state index in [1.165, 1.54) is 23.1 Å². The predicted octanol–water partition coefficient (Wildman–Crippen LogP) is 4.09. The minimum Gasteiger partial charge on any atom is -0.399 e. The second-order valence-corrected chi connectivity index (χ2v) is 8.40. The summed E-state index contributed by atoms with van der Waals surface area (Å²) >= 11 is 0. The van der Waals surface area contributed by atoms with Crippen molar-refractivity contribution in [2.75, 3.05) is 0 Å². The van der Waals surface area contributed by atoms with Crippen molar-refractivity contribution in [1.82, 2.24) is 14.8 Å². The van der Waals surface area contributed by atoms with Crippen LogP contribution in [0.15, 0.2) is 30.6 Å². The van der Waals surface area contributed by atoms with Crippen molar-refractivity contribution in [2.24, 2.45) is 7.05 Å². The Labute approximate surface area is 171 Å². The molecule has 4 rings (SSSR count). The van der Waals surface area contributed by atoms with Crippen LogP contribution in [0.1, 0.15) is 33.3 Å². The van der Waals surface area contributed by atoms with E-state index in [0.717, 1.165) is 12.1 Å². The number of halogens is 4. The Balaban J connectivity index is 1.97. The minimum absolute atomic E-state index is 0.00605. The third kappa shape index (κ3) is 3.28. The van der Waals surface area contributed by atoms with Crippen LogP contribution >= 0.6 is 0 Å². The van der Waals surface area contributed by atoms with Crippen LogP contribution in [0.3, 0.4) is 0 Å². The van der Waals surface area contributed by atoms with E-state index in [-0.39, 0.29) is 27.6 Å². The highest BCUT2D eigenvalue weighted by atomic mass is 19.4. The van der Waals surface area contributed by atoms with Crippen LogP contribution in [-0.4, -0.2) is 33.1 Å². The van der Waals surface area contributed by atoms with Gasteiger partial charge in [0.1, 0.15) is 5.82 Å². The number of pyridine rings is 1. The molecule has 0 radical (unpaired) electrons. The van der Waals surface area contributed by atoms with Crippen LogP contribution in [0.25, 0.3) is 22.2 Å². The van der Waals surface area contributed by atoms with Crippen LogP contribution in [0.4, 0.5) is 17.6 Å². The molecule has 10 heteroatoms. The molecule has 0 bridgehead atoms. The SMILES string of the molecule is Cn1cc(-c2nc3ccc(F)c(B4OC(C)(C)C(C)(C)O4)c3cc2C(F)(F)F)cn1. The molecule has 0 amide bonds. The number of aryl methyl sites for hydroxylation is 1. The molecule has 0 spiro atoms. The predicted molar refractivity (Wildman–Crippen MR) is 105 cm³/mol. The quantitative estimate of drug-likeness (QED) is 0.462. The normalized spacial score (nSPS) is 18.4. The average Bonchev–Trinajstić information content (AvgIpc) is 3.13. The molecule has 2 aromatic heterocycles. The first-order valence-electron chi connectivity index (χ1n) is 9.35. The van der Waals surface area contributed by atoms with Crippen LogP contribution in [0.2, 0.25) is 0 Å². The van der Waals surface area contributed by atoms with E-state index in [1.807, 2.05) is 0 Å². The highest BCUT2D eigenvalue weighted by molar-refractivity contribution is 6.65. The summed E-state index contributed by atoms with van der Waals surface area (Å²) in [6.07, 6.45) is -1.95. The van der Waals surface area contributed by atoms with Gasteiger partial charge < -0.3 is 9.31 Å². The molecule has 1 aliphatic rings. The molecule has 3 aromatic rings. The third-order valence-electron chi connectivity index (χ3n) is 5.76. The van der Waals surface area contributed by atoms with Gasteiger partial charge in [0.2, 0.25) is 0 Å². The first-order chi connectivity index (χ1) is 13.8. The molecule has 0 atom stereocenters. The van der Waals surface area contributed by atoms with Crippen molar-refractivity contribution in [3.8, 4) is 11.3 Å². The summed E-state index contributed by atoms with van der Waals surface area (Å²) in [5, 5.41) is 3.93. The van der Waals surface area contributed by atoms with Gasteiger partial charge in [0.05, 0.1) is 34.2 Å². The van der Waals surface area contributed by atoms with Gasteiger partial charge in [-0.15, -0.1) is 0 Å².